The summed E-state index contributed by atoms with van der Waals surface area (Å²) in [5.41, 5.74) is 5.77. The molecule has 1 aromatic carbocycles. The second-order valence-electron chi connectivity index (χ2n) is 3.35. The van der Waals surface area contributed by atoms with E-state index in [1.807, 2.05) is 0 Å². The zero-order valence-corrected chi connectivity index (χ0v) is 9.49. The maximum absolute atomic E-state index is 10.6. The highest BCUT2D eigenvalue weighted by molar-refractivity contribution is 5.65. The van der Waals surface area contributed by atoms with Crippen LogP contribution >= 0.6 is 0 Å². The Balaban J connectivity index is 2.47. The average Bonchev–Trinajstić information content (AvgIpc) is 2.86. The van der Waals surface area contributed by atoms with Crippen molar-refractivity contribution in [2.24, 2.45) is 5.73 Å². The standard InChI is InChI=1S/C10H10N4O4/c1-17-8-4-6(14(15)16)2-3-7(8)10-13-12-9(5-11)18-10/h2-4H,5,11H2,1H3. The second kappa shape index (κ2) is 4.80. The molecule has 18 heavy (non-hydrogen) atoms. The Morgan fingerprint density at radius 3 is 2.83 bits per heavy atom. The maximum atomic E-state index is 10.6. The van der Waals surface area contributed by atoms with Crippen LogP contribution < -0.4 is 10.5 Å². The number of benzene rings is 1. The van der Waals surface area contributed by atoms with E-state index in [9.17, 15) is 10.1 Å². The Morgan fingerprint density at radius 2 is 2.28 bits per heavy atom. The summed E-state index contributed by atoms with van der Waals surface area (Å²) in [6.07, 6.45) is 0. The molecule has 1 heterocycles. The molecule has 2 aromatic rings. The molecular formula is C10H10N4O4. The van der Waals surface area contributed by atoms with E-state index in [4.69, 9.17) is 14.9 Å². The van der Waals surface area contributed by atoms with Crippen molar-refractivity contribution in [1.82, 2.24) is 10.2 Å². The van der Waals surface area contributed by atoms with Gasteiger partial charge in [-0.2, -0.15) is 0 Å². The molecule has 0 aliphatic rings. The van der Waals surface area contributed by atoms with Crippen LogP contribution in [-0.4, -0.2) is 22.2 Å². The van der Waals surface area contributed by atoms with Gasteiger partial charge < -0.3 is 14.9 Å². The van der Waals surface area contributed by atoms with Crippen molar-refractivity contribution in [2.45, 2.75) is 6.54 Å². The molecule has 0 spiro atoms. The quantitative estimate of drug-likeness (QED) is 0.637. The van der Waals surface area contributed by atoms with Gasteiger partial charge >= 0.3 is 0 Å². The monoisotopic (exact) mass is 250 g/mol. The van der Waals surface area contributed by atoms with Gasteiger partial charge in [-0.3, -0.25) is 10.1 Å². The Hall–Kier alpha value is -2.48. The molecule has 0 saturated heterocycles. The SMILES string of the molecule is COc1cc([N+](=O)[O-])ccc1-c1nnc(CN)o1. The number of nitrogens with zero attached hydrogens (tertiary/aromatic N) is 3. The van der Waals surface area contributed by atoms with Gasteiger partial charge in [-0.1, -0.05) is 0 Å². The van der Waals surface area contributed by atoms with E-state index in [1.54, 1.807) is 0 Å². The van der Waals surface area contributed by atoms with E-state index >= 15 is 0 Å². The van der Waals surface area contributed by atoms with Crippen LogP contribution in [0.25, 0.3) is 11.5 Å². The second-order valence-corrected chi connectivity index (χ2v) is 3.35. The number of non-ortho nitro benzene ring substituents is 1. The van der Waals surface area contributed by atoms with Gasteiger partial charge in [0.1, 0.15) is 5.75 Å². The predicted molar refractivity (Wildman–Crippen MR) is 60.8 cm³/mol. The molecule has 0 aliphatic heterocycles. The first-order chi connectivity index (χ1) is 8.65. The molecule has 1 aromatic heterocycles. The van der Waals surface area contributed by atoms with Crippen LogP contribution in [0, 0.1) is 10.1 Å². The Morgan fingerprint density at radius 1 is 1.50 bits per heavy atom. The fourth-order valence-corrected chi connectivity index (χ4v) is 1.42. The first-order valence-corrected chi connectivity index (χ1v) is 5.01. The summed E-state index contributed by atoms with van der Waals surface area (Å²) in [6.45, 7) is 0.127. The van der Waals surface area contributed by atoms with Crippen molar-refractivity contribution in [2.75, 3.05) is 7.11 Å². The van der Waals surface area contributed by atoms with Gasteiger partial charge in [0.2, 0.25) is 5.89 Å². The number of methoxy groups -OCH3 is 1. The smallest absolute Gasteiger partial charge is 0.273 e. The zero-order valence-electron chi connectivity index (χ0n) is 9.49. The number of ether oxygens (including phenoxy) is 1. The molecule has 0 atom stereocenters. The number of nitro groups is 1. The highest BCUT2D eigenvalue weighted by Gasteiger charge is 2.16. The molecular weight excluding hydrogens is 240 g/mol. The van der Waals surface area contributed by atoms with E-state index in [0.717, 1.165) is 0 Å². The number of hydrogen-bond donors (Lipinski definition) is 1. The van der Waals surface area contributed by atoms with Gasteiger partial charge in [-0.15, -0.1) is 10.2 Å². The number of hydrogen-bond acceptors (Lipinski definition) is 7. The molecule has 2 N–H and O–H groups in total. The Labute approximate surface area is 102 Å². The van der Waals surface area contributed by atoms with Gasteiger partial charge in [-0.05, 0) is 6.07 Å². The molecule has 0 amide bonds. The van der Waals surface area contributed by atoms with E-state index in [0.29, 0.717) is 5.56 Å². The van der Waals surface area contributed by atoms with Gasteiger partial charge in [0.15, 0.2) is 0 Å². The average molecular weight is 250 g/mol. The molecule has 0 unspecified atom stereocenters. The van der Waals surface area contributed by atoms with Crippen LogP contribution in [-0.2, 0) is 6.54 Å². The van der Waals surface area contributed by atoms with Crippen LogP contribution in [0.2, 0.25) is 0 Å². The summed E-state index contributed by atoms with van der Waals surface area (Å²) in [5.74, 6) is 0.782. The minimum Gasteiger partial charge on any atom is -0.496 e. The van der Waals surface area contributed by atoms with Crippen molar-refractivity contribution in [1.29, 1.82) is 0 Å². The van der Waals surface area contributed by atoms with Gasteiger partial charge in [0, 0.05) is 6.07 Å². The highest BCUT2D eigenvalue weighted by Crippen LogP contribution is 2.32. The zero-order chi connectivity index (χ0) is 13.1. The summed E-state index contributed by atoms with van der Waals surface area (Å²) in [6, 6.07) is 4.12. The van der Waals surface area contributed by atoms with Gasteiger partial charge in [-0.25, -0.2) is 0 Å². The van der Waals surface area contributed by atoms with Crippen molar-refractivity contribution < 1.29 is 14.1 Å². The summed E-state index contributed by atoms with van der Waals surface area (Å²) >= 11 is 0. The summed E-state index contributed by atoms with van der Waals surface area (Å²) in [7, 11) is 1.41. The first kappa shape index (κ1) is 12.0. The molecule has 8 nitrogen and oxygen atoms in total. The van der Waals surface area contributed by atoms with E-state index in [2.05, 4.69) is 10.2 Å². The third kappa shape index (κ3) is 2.13. The Bertz CT molecular complexity index is 581. The van der Waals surface area contributed by atoms with E-state index < -0.39 is 4.92 Å². The molecule has 2 rings (SSSR count). The molecule has 0 radical (unpaired) electrons. The van der Waals surface area contributed by atoms with Gasteiger partial charge in [0.25, 0.3) is 11.6 Å². The number of nitro benzene ring substituents is 1. The lowest BCUT2D eigenvalue weighted by molar-refractivity contribution is -0.384. The summed E-state index contributed by atoms with van der Waals surface area (Å²) < 4.78 is 10.3. The molecule has 0 aliphatic carbocycles. The lowest BCUT2D eigenvalue weighted by Gasteiger charge is -2.04. The molecule has 0 bridgehead atoms. The van der Waals surface area contributed by atoms with Gasteiger partial charge in [0.05, 0.1) is 30.2 Å². The molecule has 0 saturated carbocycles. The van der Waals surface area contributed by atoms with Crippen molar-refractivity contribution in [3.05, 3.63) is 34.2 Å². The van der Waals surface area contributed by atoms with Crippen LogP contribution in [0.15, 0.2) is 22.6 Å². The van der Waals surface area contributed by atoms with Crippen molar-refractivity contribution >= 4 is 5.69 Å². The van der Waals surface area contributed by atoms with Crippen molar-refractivity contribution in [3.63, 3.8) is 0 Å². The summed E-state index contributed by atoms with van der Waals surface area (Å²) in [5, 5.41) is 18.2. The number of nitrogens with two attached hydrogens (primary N) is 1. The minimum absolute atomic E-state index is 0.0748. The topological polar surface area (TPSA) is 117 Å². The van der Waals surface area contributed by atoms with Crippen LogP contribution in [0.5, 0.6) is 5.75 Å². The van der Waals surface area contributed by atoms with E-state index in [-0.39, 0.29) is 29.8 Å². The third-order valence-electron chi connectivity index (χ3n) is 2.27. The molecule has 94 valence electrons. The lowest BCUT2D eigenvalue weighted by Crippen LogP contribution is -1.95. The van der Waals surface area contributed by atoms with Crippen LogP contribution in [0.1, 0.15) is 5.89 Å². The number of rotatable bonds is 4. The third-order valence-corrected chi connectivity index (χ3v) is 2.27. The van der Waals surface area contributed by atoms with E-state index in [1.165, 1.54) is 25.3 Å². The fourth-order valence-electron chi connectivity index (χ4n) is 1.42. The first-order valence-electron chi connectivity index (χ1n) is 5.01. The predicted octanol–water partition coefficient (Wildman–Crippen LogP) is 1.11. The Kier molecular flexibility index (Phi) is 3.20. The molecule has 0 fully saturated rings. The lowest BCUT2D eigenvalue weighted by atomic mass is 10.2. The number of aromatic nitrogens is 2. The maximum Gasteiger partial charge on any atom is 0.273 e. The normalized spacial score (nSPS) is 10.3. The minimum atomic E-state index is -0.509. The largest absolute Gasteiger partial charge is 0.496 e. The van der Waals surface area contributed by atoms with Crippen LogP contribution in [0.3, 0.4) is 0 Å². The van der Waals surface area contributed by atoms with Crippen LogP contribution in [0.4, 0.5) is 5.69 Å². The fraction of sp³-hybridized carbons (Fsp3) is 0.200. The van der Waals surface area contributed by atoms with Crippen molar-refractivity contribution in [3.8, 4) is 17.2 Å². The molecule has 8 heteroatoms. The summed E-state index contributed by atoms with van der Waals surface area (Å²) in [4.78, 5) is 10.1. The highest BCUT2D eigenvalue weighted by atomic mass is 16.6.